The molecule has 0 aliphatic carbocycles. The van der Waals surface area contributed by atoms with E-state index < -0.39 is 23.5 Å². The molecule has 0 spiro atoms. The van der Waals surface area contributed by atoms with Crippen molar-refractivity contribution in [3.63, 3.8) is 0 Å². The van der Waals surface area contributed by atoms with Gasteiger partial charge in [-0.15, -0.1) is 22.7 Å². The van der Waals surface area contributed by atoms with Gasteiger partial charge in [-0.05, 0) is 109 Å². The lowest BCUT2D eigenvalue weighted by molar-refractivity contribution is -0.146. The fourth-order valence-corrected chi connectivity index (χ4v) is 10.5. The Morgan fingerprint density at radius 3 is 2.20 bits per heavy atom. The average Bonchev–Trinajstić information content (AvgIpc) is 4.05. The molecule has 6 aromatic rings. The molecule has 0 unspecified atom stereocenters. The summed E-state index contributed by atoms with van der Waals surface area (Å²) in [7, 11) is 1.96. The predicted octanol–water partition coefficient (Wildman–Crippen LogP) is 8.77. The Morgan fingerprint density at radius 2 is 1.51 bits per heavy atom. The molecule has 0 saturated carbocycles. The number of likely N-dealkylation sites (tertiary alicyclic amines) is 1. The zero-order chi connectivity index (χ0) is 49.2. The predicted molar refractivity (Wildman–Crippen MR) is 269 cm³/mol. The van der Waals surface area contributed by atoms with Gasteiger partial charge in [-0.25, -0.2) is 4.98 Å². The molecule has 1 aliphatic heterocycles. The number of carbonyl (C=O) groups excluding carboxylic acids is 4. The van der Waals surface area contributed by atoms with Crippen LogP contribution in [-0.2, 0) is 30.3 Å². The fraction of sp³-hybridized carbons (Fsp3) is 0.389. The standard InChI is InChI=1S/C54H61N3O10S2/c1-34-51(68-33-55-34)37-9-6-35(7-10-37)8-21-47(62)46-29-41(60)31-57(46)53(64)45(54(2,3)4)28-42(61)32-66-27-26-65-24-22-56(5)23-25-67-43-18-13-36(14-19-43)50(63)49-44-20-17-40(59)30-48(44)69-52(49)38-11-15-39(58)16-12-38/h6-7,9-20,30,33,41,45-46,58-60H,8,21-29,31-32H2,1-5H3/t41-,45-,46+/m1/s1. The van der Waals surface area contributed by atoms with Crippen molar-refractivity contribution in [1.82, 2.24) is 14.8 Å². The number of fused-ring (bicyclic) bond motifs is 1. The zero-order valence-electron chi connectivity index (χ0n) is 39.8. The minimum Gasteiger partial charge on any atom is -0.508 e. The molecular formula is C54H61N3O10S2. The van der Waals surface area contributed by atoms with Crippen molar-refractivity contribution >= 4 is 56.0 Å². The number of aromatic hydroxyl groups is 2. The SMILES string of the molecule is Cc1ncsc1-c1ccc(CCC(=O)[C@@H]2C[C@@H](O)CN2C(=O)[C@@H](CC(=O)COCCOCCN(C)CCOc2ccc(C(=O)c3c(-c4ccc(O)cc4)sc4cc(O)ccc34)cc2)C(C)(C)C)cc1. The lowest BCUT2D eigenvalue weighted by atomic mass is 9.76. The van der Waals surface area contributed by atoms with Gasteiger partial charge < -0.3 is 39.3 Å². The number of nitrogens with zero attached hydrogens (tertiary/aromatic N) is 3. The van der Waals surface area contributed by atoms with Crippen molar-refractivity contribution in [2.75, 3.05) is 59.7 Å². The highest BCUT2D eigenvalue weighted by atomic mass is 32.1. The summed E-state index contributed by atoms with van der Waals surface area (Å²) in [6.07, 6.45) is 0.0776. The van der Waals surface area contributed by atoms with Crippen LogP contribution in [0.1, 0.15) is 67.2 Å². The number of thiazole rings is 1. The zero-order valence-corrected chi connectivity index (χ0v) is 41.4. The molecule has 2 aromatic heterocycles. The number of hydrogen-bond donors (Lipinski definition) is 3. The number of rotatable bonds is 23. The Labute approximate surface area is 411 Å². The first kappa shape index (κ1) is 51.1. The van der Waals surface area contributed by atoms with Gasteiger partial charge in [0, 0.05) is 70.9 Å². The molecule has 69 heavy (non-hydrogen) atoms. The second kappa shape index (κ2) is 23.2. The van der Waals surface area contributed by atoms with Crippen molar-refractivity contribution in [3.8, 4) is 38.1 Å². The molecule has 7 rings (SSSR count). The van der Waals surface area contributed by atoms with E-state index in [-0.39, 0.29) is 80.4 Å². The summed E-state index contributed by atoms with van der Waals surface area (Å²) < 4.78 is 18.2. The molecule has 3 heterocycles. The molecule has 3 atom stereocenters. The van der Waals surface area contributed by atoms with Crippen LogP contribution in [-0.4, -0.2) is 125 Å². The number of ketones is 3. The number of aromatic nitrogens is 1. The number of amides is 1. The number of β-amino-alcohol motifs (C(OH)–C–C–N with tert-alkyl or cyclic N) is 1. The maximum absolute atomic E-state index is 14.1. The number of thiophene rings is 1. The smallest absolute Gasteiger partial charge is 0.227 e. The van der Waals surface area contributed by atoms with Crippen LogP contribution in [0.25, 0.3) is 31.0 Å². The van der Waals surface area contributed by atoms with Crippen LogP contribution in [0, 0.1) is 18.3 Å². The Hall–Kier alpha value is -5.81. The van der Waals surface area contributed by atoms with E-state index in [1.54, 1.807) is 78.1 Å². The molecule has 364 valence electrons. The highest BCUT2D eigenvalue weighted by Gasteiger charge is 2.44. The minimum atomic E-state index is -0.812. The molecule has 15 heteroatoms. The van der Waals surface area contributed by atoms with Gasteiger partial charge in [-0.3, -0.25) is 19.2 Å². The number of benzene rings is 4. The number of hydrogen-bond acceptors (Lipinski definition) is 14. The van der Waals surface area contributed by atoms with Gasteiger partial charge >= 0.3 is 0 Å². The topological polar surface area (TPSA) is 176 Å². The maximum Gasteiger partial charge on any atom is 0.227 e. The van der Waals surface area contributed by atoms with E-state index in [2.05, 4.69) is 9.88 Å². The van der Waals surface area contributed by atoms with Crippen LogP contribution < -0.4 is 4.74 Å². The third-order valence-electron chi connectivity index (χ3n) is 12.5. The van der Waals surface area contributed by atoms with E-state index in [0.717, 1.165) is 42.2 Å². The van der Waals surface area contributed by atoms with Gasteiger partial charge in [-0.2, -0.15) is 0 Å². The second-order valence-electron chi connectivity index (χ2n) is 18.7. The van der Waals surface area contributed by atoms with E-state index in [0.29, 0.717) is 49.6 Å². The summed E-state index contributed by atoms with van der Waals surface area (Å²) >= 11 is 3.00. The van der Waals surface area contributed by atoms with Crippen LogP contribution in [0.5, 0.6) is 17.2 Å². The number of carbonyl (C=O) groups is 4. The molecule has 1 amide bonds. The number of aliphatic hydroxyl groups excluding tert-OH is 1. The molecule has 0 radical (unpaired) electrons. The van der Waals surface area contributed by atoms with Crippen molar-refractivity contribution in [3.05, 3.63) is 119 Å². The second-order valence-corrected chi connectivity index (χ2v) is 20.6. The first-order chi connectivity index (χ1) is 33.0. The Kier molecular flexibility index (Phi) is 17.2. The number of ether oxygens (including phenoxy) is 3. The van der Waals surface area contributed by atoms with Gasteiger partial charge in [0.15, 0.2) is 17.3 Å². The van der Waals surface area contributed by atoms with E-state index in [4.69, 9.17) is 14.2 Å². The van der Waals surface area contributed by atoms with Crippen LogP contribution in [0.15, 0.2) is 96.5 Å². The fourth-order valence-electron chi connectivity index (χ4n) is 8.48. The molecule has 1 aliphatic rings. The highest BCUT2D eigenvalue weighted by Crippen LogP contribution is 2.42. The molecule has 0 bridgehead atoms. The van der Waals surface area contributed by atoms with E-state index >= 15 is 0 Å². The summed E-state index contributed by atoms with van der Waals surface area (Å²) in [5.74, 6) is -0.595. The Bertz CT molecular complexity index is 2710. The summed E-state index contributed by atoms with van der Waals surface area (Å²) in [4.78, 5) is 64.5. The highest BCUT2D eigenvalue weighted by molar-refractivity contribution is 7.22. The van der Waals surface area contributed by atoms with Gasteiger partial charge in [-0.1, -0.05) is 45.0 Å². The van der Waals surface area contributed by atoms with Crippen molar-refractivity contribution in [2.45, 2.75) is 65.5 Å². The monoisotopic (exact) mass is 975 g/mol. The van der Waals surface area contributed by atoms with Crippen LogP contribution in [0.3, 0.4) is 0 Å². The quantitative estimate of drug-likeness (QED) is 0.0412. The van der Waals surface area contributed by atoms with Gasteiger partial charge in [0.1, 0.15) is 30.5 Å². The number of aliphatic hydroxyl groups is 1. The van der Waals surface area contributed by atoms with E-state index in [1.807, 2.05) is 64.5 Å². The summed E-state index contributed by atoms with van der Waals surface area (Å²) in [6, 6.07) is 26.1. The average molecular weight is 976 g/mol. The van der Waals surface area contributed by atoms with Gasteiger partial charge in [0.05, 0.1) is 48.0 Å². The minimum absolute atomic E-state index is 0.0420. The molecular weight excluding hydrogens is 915 g/mol. The summed E-state index contributed by atoms with van der Waals surface area (Å²) in [6.45, 7) is 10.2. The summed E-state index contributed by atoms with van der Waals surface area (Å²) in [5, 5.41) is 31.3. The lowest BCUT2D eigenvalue weighted by Gasteiger charge is -2.34. The normalized spacial score (nSPS) is 15.5. The van der Waals surface area contributed by atoms with Gasteiger partial charge in [0.2, 0.25) is 5.91 Å². The lowest BCUT2D eigenvalue weighted by Crippen LogP contribution is -2.47. The molecule has 13 nitrogen and oxygen atoms in total. The number of Topliss-reactive ketones (excluding diaryl/α,β-unsaturated/α-hetero) is 2. The van der Waals surface area contributed by atoms with Gasteiger partial charge in [0.25, 0.3) is 0 Å². The largest absolute Gasteiger partial charge is 0.508 e. The first-order valence-electron chi connectivity index (χ1n) is 23.2. The third kappa shape index (κ3) is 13.3. The number of likely N-dealkylation sites (N-methyl/N-ethyl adjacent to an activating group) is 1. The third-order valence-corrected chi connectivity index (χ3v) is 14.7. The number of phenolic OH excluding ortho intramolecular Hbond substituents is 2. The molecule has 4 aromatic carbocycles. The van der Waals surface area contributed by atoms with Crippen LogP contribution >= 0.6 is 22.7 Å². The van der Waals surface area contributed by atoms with Crippen LogP contribution in [0.2, 0.25) is 0 Å². The summed E-state index contributed by atoms with van der Waals surface area (Å²) in [5.41, 5.74) is 6.15. The molecule has 1 saturated heterocycles. The number of aryl methyl sites for hydroxylation is 2. The van der Waals surface area contributed by atoms with E-state index in [1.165, 1.54) is 16.2 Å². The molecule has 3 N–H and O–H groups in total. The van der Waals surface area contributed by atoms with E-state index in [9.17, 15) is 34.5 Å². The molecule has 1 fully saturated rings. The van der Waals surface area contributed by atoms with Crippen molar-refractivity contribution in [1.29, 1.82) is 0 Å². The van der Waals surface area contributed by atoms with Crippen molar-refractivity contribution < 1.29 is 48.7 Å². The van der Waals surface area contributed by atoms with Crippen LogP contribution in [0.4, 0.5) is 0 Å². The maximum atomic E-state index is 14.1. The first-order valence-corrected chi connectivity index (χ1v) is 24.9. The number of phenols is 2. The van der Waals surface area contributed by atoms with Crippen molar-refractivity contribution in [2.24, 2.45) is 11.3 Å². The Balaban J connectivity index is 0.794. The Morgan fingerprint density at radius 1 is 0.841 bits per heavy atom.